The van der Waals surface area contributed by atoms with Crippen LogP contribution in [0, 0.1) is 0 Å². The largest absolute Gasteiger partial charge is 0.435 e. The molecule has 3 N–H and O–H groups in total. The van der Waals surface area contributed by atoms with Gasteiger partial charge in [0.15, 0.2) is 5.82 Å². The number of nitrogens with two attached hydrogens (primary N) is 1. The van der Waals surface area contributed by atoms with Crippen molar-refractivity contribution in [1.29, 1.82) is 0 Å². The number of nitrogens with zero attached hydrogens (tertiary/aromatic N) is 4. The first-order valence-electron chi connectivity index (χ1n) is 8.88. The number of H-pyrrole nitrogens is 1. The number of hydrogen-bond donors (Lipinski definition) is 2. The Bertz CT molecular complexity index is 1230. The Morgan fingerprint density at radius 1 is 1.13 bits per heavy atom. The van der Waals surface area contributed by atoms with Crippen LogP contribution in [0.3, 0.4) is 0 Å². The monoisotopic (exact) mass is 430 g/mol. The second-order valence-corrected chi connectivity index (χ2v) is 7.27. The predicted molar refractivity (Wildman–Crippen MR) is 109 cm³/mol. The maximum Gasteiger partial charge on any atom is 0.387 e. The fourth-order valence-corrected chi connectivity index (χ4v) is 3.65. The number of thioether (sulfide) groups is 1. The van der Waals surface area contributed by atoms with E-state index in [4.69, 9.17) is 5.84 Å². The van der Waals surface area contributed by atoms with Gasteiger partial charge in [0, 0.05) is 17.7 Å². The normalized spacial score (nSPS) is 11.3. The first-order valence-corrected chi connectivity index (χ1v) is 9.86. The third-order valence-corrected chi connectivity index (χ3v) is 5.18. The number of rotatable bonds is 7. The van der Waals surface area contributed by atoms with Crippen molar-refractivity contribution in [1.82, 2.24) is 24.8 Å². The van der Waals surface area contributed by atoms with E-state index < -0.39 is 6.61 Å². The number of nitrogen functional groups attached to an aromatic ring is 1. The molecule has 0 fully saturated rings. The maximum absolute atomic E-state index is 12.3. The van der Waals surface area contributed by atoms with Gasteiger partial charge in [0.1, 0.15) is 11.6 Å². The van der Waals surface area contributed by atoms with Crippen LogP contribution in [-0.2, 0) is 6.42 Å². The summed E-state index contributed by atoms with van der Waals surface area (Å²) >= 11 is 1.36. The molecule has 8 nitrogen and oxygen atoms in total. The number of aromatic amines is 1. The summed E-state index contributed by atoms with van der Waals surface area (Å²) in [4.78, 5) is 19.4. The average molecular weight is 430 g/mol. The molecule has 2 aromatic carbocycles. The zero-order valence-electron chi connectivity index (χ0n) is 15.5. The first-order chi connectivity index (χ1) is 14.5. The molecule has 0 aliphatic heterocycles. The van der Waals surface area contributed by atoms with E-state index in [0.717, 1.165) is 0 Å². The molecule has 30 heavy (non-hydrogen) atoms. The Morgan fingerprint density at radius 3 is 2.67 bits per heavy atom. The van der Waals surface area contributed by atoms with E-state index in [9.17, 15) is 13.6 Å². The number of alkyl halides is 2. The highest BCUT2D eigenvalue weighted by Gasteiger charge is 2.13. The molecule has 2 aromatic heterocycles. The van der Waals surface area contributed by atoms with Gasteiger partial charge in [-0.3, -0.25) is 4.79 Å². The van der Waals surface area contributed by atoms with Crippen LogP contribution < -0.4 is 16.1 Å². The molecule has 2 heterocycles. The molecule has 0 radical (unpaired) electrons. The van der Waals surface area contributed by atoms with Crippen molar-refractivity contribution >= 4 is 22.7 Å². The summed E-state index contributed by atoms with van der Waals surface area (Å²) in [5.41, 5.74) is 1.08. The summed E-state index contributed by atoms with van der Waals surface area (Å²) in [5.74, 6) is 7.65. The number of halogens is 2. The summed E-state index contributed by atoms with van der Waals surface area (Å²) in [7, 11) is 0. The lowest BCUT2D eigenvalue weighted by molar-refractivity contribution is -0.0498. The molecule has 11 heteroatoms. The minimum atomic E-state index is -2.89. The average Bonchev–Trinajstić information content (AvgIpc) is 3.09. The molecule has 0 spiro atoms. The van der Waals surface area contributed by atoms with E-state index in [0.29, 0.717) is 45.4 Å². The molecule has 0 unspecified atom stereocenters. The van der Waals surface area contributed by atoms with E-state index in [2.05, 4.69) is 24.9 Å². The fourth-order valence-electron chi connectivity index (χ4n) is 2.85. The molecule has 4 rings (SSSR count). The lowest BCUT2D eigenvalue weighted by Crippen LogP contribution is -2.13. The fraction of sp³-hybridized carbons (Fsp3) is 0.158. The van der Waals surface area contributed by atoms with Crippen molar-refractivity contribution < 1.29 is 13.5 Å². The highest BCUT2D eigenvalue weighted by Crippen LogP contribution is 2.24. The molecule has 0 saturated heterocycles. The van der Waals surface area contributed by atoms with Crippen molar-refractivity contribution in [2.75, 3.05) is 11.6 Å². The maximum atomic E-state index is 12.3. The number of aryl methyl sites for hydroxylation is 1. The number of hydrogen-bond acceptors (Lipinski definition) is 7. The molecule has 4 aromatic rings. The van der Waals surface area contributed by atoms with Crippen molar-refractivity contribution in [2.45, 2.75) is 18.2 Å². The molecule has 154 valence electrons. The lowest BCUT2D eigenvalue weighted by atomic mass is 10.2. The van der Waals surface area contributed by atoms with E-state index in [-0.39, 0.29) is 11.3 Å². The zero-order valence-corrected chi connectivity index (χ0v) is 16.3. The first kappa shape index (κ1) is 19.8. The highest BCUT2D eigenvalue weighted by atomic mass is 32.2. The van der Waals surface area contributed by atoms with Crippen molar-refractivity contribution in [3.05, 3.63) is 64.7 Å². The number of benzene rings is 2. The quantitative estimate of drug-likeness (QED) is 0.342. The molecule has 0 aliphatic carbocycles. The van der Waals surface area contributed by atoms with Gasteiger partial charge in [-0.05, 0) is 36.4 Å². The van der Waals surface area contributed by atoms with Crippen LogP contribution in [0.2, 0.25) is 0 Å². The van der Waals surface area contributed by atoms with Gasteiger partial charge < -0.3 is 15.6 Å². The summed E-state index contributed by atoms with van der Waals surface area (Å²) in [6, 6.07) is 13.1. The van der Waals surface area contributed by atoms with E-state index in [1.807, 2.05) is 6.07 Å². The SMILES string of the molecule is Nn1c(SCCc2nc3ccccc3c(=O)[nH]2)nnc1-c1ccc(OC(F)F)cc1. The minimum absolute atomic E-state index is 0.0447. The second-order valence-electron chi connectivity index (χ2n) is 6.21. The van der Waals surface area contributed by atoms with Crippen LogP contribution >= 0.6 is 11.8 Å². The lowest BCUT2D eigenvalue weighted by Gasteiger charge is -2.06. The molecule has 0 amide bonds. The summed E-state index contributed by atoms with van der Waals surface area (Å²) in [6.07, 6.45) is 0.507. The van der Waals surface area contributed by atoms with E-state index in [1.54, 1.807) is 30.3 Å². The minimum Gasteiger partial charge on any atom is -0.435 e. The highest BCUT2D eigenvalue weighted by molar-refractivity contribution is 7.99. The Labute approximate surface area is 173 Å². The number of ether oxygens (including phenoxy) is 1. The van der Waals surface area contributed by atoms with Crippen molar-refractivity contribution in [2.24, 2.45) is 0 Å². The van der Waals surface area contributed by atoms with Gasteiger partial charge in [0.25, 0.3) is 5.56 Å². The topological polar surface area (TPSA) is 112 Å². The predicted octanol–water partition coefficient (Wildman–Crippen LogP) is 2.83. The molecular formula is C19H16F2N6O2S. The van der Waals surface area contributed by atoms with Gasteiger partial charge in [-0.25, -0.2) is 9.66 Å². The number of para-hydroxylation sites is 1. The number of aromatic nitrogens is 5. The molecule has 0 bridgehead atoms. The van der Waals surface area contributed by atoms with Gasteiger partial charge in [-0.15, -0.1) is 10.2 Å². The zero-order chi connectivity index (χ0) is 21.1. The Kier molecular flexibility index (Phi) is 5.61. The van der Waals surface area contributed by atoms with Gasteiger partial charge in [0.05, 0.1) is 10.9 Å². The van der Waals surface area contributed by atoms with E-state index >= 15 is 0 Å². The van der Waals surface area contributed by atoms with Crippen LogP contribution in [0.15, 0.2) is 58.5 Å². The van der Waals surface area contributed by atoms with E-state index in [1.165, 1.54) is 28.6 Å². The summed E-state index contributed by atoms with van der Waals surface area (Å²) in [6.45, 7) is -2.89. The van der Waals surface area contributed by atoms with Crippen LogP contribution in [0.1, 0.15) is 5.82 Å². The second kappa shape index (κ2) is 8.49. The Morgan fingerprint density at radius 2 is 1.90 bits per heavy atom. The van der Waals surface area contributed by atoms with Gasteiger partial charge in [0.2, 0.25) is 5.16 Å². The molecular weight excluding hydrogens is 414 g/mol. The number of nitrogens with one attached hydrogen (secondary N) is 1. The van der Waals surface area contributed by atoms with Crippen LogP contribution in [-0.4, -0.2) is 37.2 Å². The smallest absolute Gasteiger partial charge is 0.387 e. The third-order valence-electron chi connectivity index (χ3n) is 4.23. The van der Waals surface area contributed by atoms with Crippen molar-refractivity contribution in [3.63, 3.8) is 0 Å². The standard InChI is InChI=1S/C19H16F2N6O2S/c20-18(21)29-12-7-5-11(6-8-12)16-25-26-19(27(16)22)30-10-9-15-23-14-4-2-1-3-13(14)17(28)24-15/h1-8,18H,9-10,22H2,(H,23,24,28). The van der Waals surface area contributed by atoms with Crippen LogP contribution in [0.5, 0.6) is 5.75 Å². The summed E-state index contributed by atoms with van der Waals surface area (Å²) < 4.78 is 30.2. The van der Waals surface area contributed by atoms with Crippen molar-refractivity contribution in [3.8, 4) is 17.1 Å². The van der Waals surface area contributed by atoms with Gasteiger partial charge in [-0.2, -0.15) is 8.78 Å². The van der Waals surface area contributed by atoms with Crippen LogP contribution in [0.4, 0.5) is 8.78 Å². The molecule has 0 aliphatic rings. The molecule has 0 atom stereocenters. The molecule has 0 saturated carbocycles. The Hall–Kier alpha value is -3.47. The van der Waals surface area contributed by atoms with Gasteiger partial charge in [-0.1, -0.05) is 23.9 Å². The summed E-state index contributed by atoms with van der Waals surface area (Å²) in [5, 5.41) is 9.15. The van der Waals surface area contributed by atoms with Gasteiger partial charge >= 0.3 is 6.61 Å². The van der Waals surface area contributed by atoms with Crippen LogP contribution in [0.25, 0.3) is 22.3 Å². The Balaban J connectivity index is 1.43. The number of fused-ring (bicyclic) bond motifs is 1. The third kappa shape index (κ3) is 4.25.